The predicted octanol–water partition coefficient (Wildman–Crippen LogP) is 3.04. The molecule has 1 aromatic carbocycles. The molecule has 1 heterocycles. The topological polar surface area (TPSA) is 39.5 Å². The Hall–Kier alpha value is -1.73. The summed E-state index contributed by atoms with van der Waals surface area (Å²) in [7, 11) is 1.72. The van der Waals surface area contributed by atoms with Crippen molar-refractivity contribution in [3.63, 3.8) is 0 Å². The molecule has 3 rings (SSSR count). The lowest BCUT2D eigenvalue weighted by molar-refractivity contribution is 0.0912. The minimum Gasteiger partial charge on any atom is -0.495 e. The molecule has 0 amide bonds. The van der Waals surface area contributed by atoms with Crippen LogP contribution < -0.4 is 9.64 Å². The average Bonchev–Trinajstić information content (AvgIpc) is 2.62. The number of para-hydroxylation sites is 2. The van der Waals surface area contributed by atoms with Gasteiger partial charge in [-0.1, -0.05) is 31.4 Å². The summed E-state index contributed by atoms with van der Waals surface area (Å²) in [4.78, 5) is 4.81. The van der Waals surface area contributed by atoms with E-state index in [1.165, 1.54) is 24.9 Å². The Kier molecular flexibility index (Phi) is 4.54. The van der Waals surface area contributed by atoms with Crippen LogP contribution in [0.5, 0.6) is 5.75 Å². The van der Waals surface area contributed by atoms with Gasteiger partial charge in [0.25, 0.3) is 0 Å². The maximum Gasteiger partial charge on any atom is 0.142 e. The minimum atomic E-state index is -0.203. The fourth-order valence-corrected chi connectivity index (χ4v) is 3.90. The SMILES string of the molecule is COc1ccccc1N1CCN(C2(C#N)CCCCC2)CC1. The van der Waals surface area contributed by atoms with Crippen LogP contribution in [0.2, 0.25) is 0 Å². The zero-order valence-corrected chi connectivity index (χ0v) is 13.4. The lowest BCUT2D eigenvalue weighted by Crippen LogP contribution is -2.57. The maximum atomic E-state index is 9.73. The van der Waals surface area contributed by atoms with Crippen LogP contribution >= 0.6 is 0 Å². The normalized spacial score (nSPS) is 22.1. The summed E-state index contributed by atoms with van der Waals surface area (Å²) in [5.74, 6) is 0.934. The molecule has 0 aromatic heterocycles. The van der Waals surface area contributed by atoms with Gasteiger partial charge in [0.1, 0.15) is 11.3 Å². The van der Waals surface area contributed by atoms with Crippen molar-refractivity contribution in [2.24, 2.45) is 0 Å². The maximum absolute atomic E-state index is 9.73. The van der Waals surface area contributed by atoms with Crippen molar-refractivity contribution < 1.29 is 4.74 Å². The minimum absolute atomic E-state index is 0.203. The lowest BCUT2D eigenvalue weighted by Gasteiger charge is -2.46. The number of anilines is 1. The van der Waals surface area contributed by atoms with Crippen LogP contribution in [0, 0.1) is 11.3 Å². The molecular formula is C18H25N3O. The van der Waals surface area contributed by atoms with E-state index in [1.807, 2.05) is 12.1 Å². The van der Waals surface area contributed by atoms with E-state index in [-0.39, 0.29) is 5.54 Å². The average molecular weight is 299 g/mol. The van der Waals surface area contributed by atoms with E-state index in [1.54, 1.807) is 7.11 Å². The molecule has 1 aliphatic heterocycles. The van der Waals surface area contributed by atoms with E-state index >= 15 is 0 Å². The first kappa shape index (κ1) is 15.2. The van der Waals surface area contributed by atoms with Gasteiger partial charge in [-0.25, -0.2) is 0 Å². The third-order valence-electron chi connectivity index (χ3n) is 5.20. The van der Waals surface area contributed by atoms with Gasteiger partial charge in [-0.15, -0.1) is 0 Å². The second kappa shape index (κ2) is 6.58. The standard InChI is InChI=1S/C18H25N3O/c1-22-17-8-4-3-7-16(17)20-11-13-21(14-12-20)18(15-19)9-5-2-6-10-18/h3-4,7-8H,2,5-6,9-14H2,1H3. The van der Waals surface area contributed by atoms with E-state index in [9.17, 15) is 5.26 Å². The van der Waals surface area contributed by atoms with Crippen LogP contribution in [0.3, 0.4) is 0 Å². The van der Waals surface area contributed by atoms with E-state index in [0.717, 1.165) is 44.8 Å². The molecule has 4 nitrogen and oxygen atoms in total. The first-order valence-corrected chi connectivity index (χ1v) is 8.33. The summed E-state index contributed by atoms with van der Waals surface area (Å²) in [6, 6.07) is 10.8. The van der Waals surface area contributed by atoms with E-state index in [4.69, 9.17) is 4.74 Å². The van der Waals surface area contributed by atoms with Gasteiger partial charge in [0.2, 0.25) is 0 Å². The fourth-order valence-electron chi connectivity index (χ4n) is 3.90. The van der Waals surface area contributed by atoms with E-state index < -0.39 is 0 Å². The number of benzene rings is 1. The molecule has 1 aliphatic carbocycles. The van der Waals surface area contributed by atoms with Crippen LogP contribution in [0.25, 0.3) is 0 Å². The fraction of sp³-hybridized carbons (Fsp3) is 0.611. The second-order valence-corrected chi connectivity index (χ2v) is 6.35. The van der Waals surface area contributed by atoms with Crippen molar-refractivity contribution in [1.82, 2.24) is 4.90 Å². The number of nitriles is 1. The van der Waals surface area contributed by atoms with Crippen molar-refractivity contribution in [2.75, 3.05) is 38.2 Å². The number of methoxy groups -OCH3 is 1. The Balaban J connectivity index is 1.69. The van der Waals surface area contributed by atoms with Crippen LogP contribution in [0.4, 0.5) is 5.69 Å². The van der Waals surface area contributed by atoms with E-state index in [0.29, 0.717) is 0 Å². The number of ether oxygens (including phenoxy) is 1. The zero-order valence-electron chi connectivity index (χ0n) is 13.4. The second-order valence-electron chi connectivity index (χ2n) is 6.35. The lowest BCUT2D eigenvalue weighted by atomic mass is 9.81. The first-order chi connectivity index (χ1) is 10.8. The van der Waals surface area contributed by atoms with Gasteiger partial charge in [-0.05, 0) is 25.0 Å². The van der Waals surface area contributed by atoms with Gasteiger partial charge in [-0.3, -0.25) is 4.90 Å². The highest BCUT2D eigenvalue weighted by atomic mass is 16.5. The number of rotatable bonds is 3. The molecule has 0 N–H and O–H groups in total. The Labute approximate surface area is 133 Å². The highest BCUT2D eigenvalue weighted by Crippen LogP contribution is 2.35. The third-order valence-corrected chi connectivity index (χ3v) is 5.20. The van der Waals surface area contributed by atoms with Crippen LogP contribution in [0.1, 0.15) is 32.1 Å². The van der Waals surface area contributed by atoms with Crippen molar-refractivity contribution in [2.45, 2.75) is 37.6 Å². The summed E-state index contributed by atoms with van der Waals surface area (Å²) in [5, 5.41) is 9.73. The van der Waals surface area contributed by atoms with Crippen molar-refractivity contribution in [3.8, 4) is 11.8 Å². The summed E-state index contributed by atoms with van der Waals surface area (Å²) >= 11 is 0. The number of hydrogen-bond donors (Lipinski definition) is 0. The number of nitrogens with zero attached hydrogens (tertiary/aromatic N) is 3. The summed E-state index contributed by atoms with van der Waals surface area (Å²) < 4.78 is 5.48. The van der Waals surface area contributed by atoms with Gasteiger partial charge >= 0.3 is 0 Å². The molecule has 118 valence electrons. The zero-order chi connectivity index (χ0) is 15.4. The van der Waals surface area contributed by atoms with Crippen LogP contribution in [0.15, 0.2) is 24.3 Å². The Bertz CT molecular complexity index is 538. The van der Waals surface area contributed by atoms with Crippen molar-refractivity contribution >= 4 is 5.69 Å². The summed E-state index contributed by atoms with van der Waals surface area (Å²) in [5.41, 5.74) is 0.963. The van der Waals surface area contributed by atoms with Crippen LogP contribution in [-0.2, 0) is 0 Å². The van der Waals surface area contributed by atoms with E-state index in [2.05, 4.69) is 28.0 Å². The van der Waals surface area contributed by atoms with Crippen molar-refractivity contribution in [1.29, 1.82) is 5.26 Å². The quantitative estimate of drug-likeness (QED) is 0.860. The number of piperazine rings is 1. The Morgan fingerprint density at radius 2 is 1.73 bits per heavy atom. The molecule has 1 saturated heterocycles. The monoisotopic (exact) mass is 299 g/mol. The molecule has 0 spiro atoms. The van der Waals surface area contributed by atoms with Gasteiger partial charge in [0.05, 0.1) is 18.9 Å². The third kappa shape index (κ3) is 2.78. The van der Waals surface area contributed by atoms with Gasteiger partial charge in [0.15, 0.2) is 0 Å². The molecule has 4 heteroatoms. The van der Waals surface area contributed by atoms with Crippen LogP contribution in [-0.4, -0.2) is 43.7 Å². The molecule has 0 unspecified atom stereocenters. The highest BCUT2D eigenvalue weighted by molar-refractivity contribution is 5.58. The number of hydrogen-bond acceptors (Lipinski definition) is 4. The van der Waals surface area contributed by atoms with Gasteiger partial charge < -0.3 is 9.64 Å². The molecule has 2 aliphatic rings. The molecule has 0 bridgehead atoms. The van der Waals surface area contributed by atoms with Crippen molar-refractivity contribution in [3.05, 3.63) is 24.3 Å². The molecule has 1 aromatic rings. The molecule has 2 fully saturated rings. The largest absolute Gasteiger partial charge is 0.495 e. The Morgan fingerprint density at radius 3 is 2.36 bits per heavy atom. The highest BCUT2D eigenvalue weighted by Gasteiger charge is 2.39. The first-order valence-electron chi connectivity index (χ1n) is 8.33. The van der Waals surface area contributed by atoms with Gasteiger partial charge in [0, 0.05) is 26.2 Å². The molecule has 22 heavy (non-hydrogen) atoms. The smallest absolute Gasteiger partial charge is 0.142 e. The summed E-state index contributed by atoms with van der Waals surface area (Å²) in [6.45, 7) is 3.85. The summed E-state index contributed by atoms with van der Waals surface area (Å²) in [6.07, 6.45) is 5.75. The molecule has 1 saturated carbocycles. The Morgan fingerprint density at radius 1 is 1.05 bits per heavy atom. The van der Waals surface area contributed by atoms with Gasteiger partial charge in [-0.2, -0.15) is 5.26 Å². The molecular weight excluding hydrogens is 274 g/mol. The molecule has 0 radical (unpaired) electrons. The molecule has 0 atom stereocenters. The predicted molar refractivity (Wildman–Crippen MR) is 88.2 cm³/mol.